The number of aryl methyl sites for hydroxylation is 1. The second-order valence-electron chi connectivity index (χ2n) is 5.67. The maximum atomic E-state index is 12.3. The number of pyridine rings is 1. The van der Waals surface area contributed by atoms with Crippen LogP contribution in [0.15, 0.2) is 41.6 Å². The van der Waals surface area contributed by atoms with Gasteiger partial charge in [0.15, 0.2) is 0 Å². The fourth-order valence-corrected chi connectivity index (χ4v) is 3.10. The number of amides is 1. The molecule has 1 aromatic heterocycles. The van der Waals surface area contributed by atoms with Gasteiger partial charge >= 0.3 is 0 Å². The molecule has 2 rings (SSSR count). The van der Waals surface area contributed by atoms with E-state index in [1.54, 1.807) is 0 Å². The van der Waals surface area contributed by atoms with Crippen molar-refractivity contribution in [1.29, 1.82) is 0 Å². The summed E-state index contributed by atoms with van der Waals surface area (Å²) < 4.78 is 0. The van der Waals surface area contributed by atoms with Crippen LogP contribution in [0, 0.1) is 6.92 Å². The van der Waals surface area contributed by atoms with Gasteiger partial charge in [0.2, 0.25) is 5.91 Å². The Labute approximate surface area is 145 Å². The Kier molecular flexibility index (Phi) is 5.98. The lowest BCUT2D eigenvalue weighted by molar-refractivity contribution is -0.255. The SMILES string of the molecule is Cc1cccc(C(C)C)c1NC(=O)CSc1ncccc1C(=O)[O-]. The van der Waals surface area contributed by atoms with Gasteiger partial charge in [0.25, 0.3) is 0 Å². The molecule has 126 valence electrons. The lowest BCUT2D eigenvalue weighted by Crippen LogP contribution is -2.23. The zero-order chi connectivity index (χ0) is 17.7. The number of para-hydroxylation sites is 1. The van der Waals surface area contributed by atoms with Crippen molar-refractivity contribution in [3.05, 3.63) is 53.2 Å². The number of rotatable bonds is 6. The van der Waals surface area contributed by atoms with Crippen molar-refractivity contribution in [2.24, 2.45) is 0 Å². The molecule has 1 N–H and O–H groups in total. The minimum absolute atomic E-state index is 0.00550. The number of hydrogen-bond acceptors (Lipinski definition) is 5. The summed E-state index contributed by atoms with van der Waals surface area (Å²) >= 11 is 1.08. The molecule has 0 spiro atoms. The lowest BCUT2D eigenvalue weighted by atomic mass is 9.98. The predicted molar refractivity (Wildman–Crippen MR) is 93.2 cm³/mol. The molecule has 1 amide bonds. The van der Waals surface area contributed by atoms with Gasteiger partial charge < -0.3 is 15.2 Å². The van der Waals surface area contributed by atoms with Crippen LogP contribution in [0.4, 0.5) is 5.69 Å². The number of aromatic carboxylic acids is 1. The molecule has 0 saturated heterocycles. The average Bonchev–Trinajstić information content (AvgIpc) is 2.54. The molecule has 0 radical (unpaired) electrons. The summed E-state index contributed by atoms with van der Waals surface area (Å²) in [6.45, 7) is 6.08. The molecule has 0 atom stereocenters. The minimum atomic E-state index is -1.30. The topological polar surface area (TPSA) is 82.1 Å². The summed E-state index contributed by atoms with van der Waals surface area (Å²) in [6, 6.07) is 8.85. The van der Waals surface area contributed by atoms with Crippen LogP contribution in [-0.2, 0) is 4.79 Å². The number of carbonyl (C=O) groups is 2. The monoisotopic (exact) mass is 343 g/mol. The van der Waals surface area contributed by atoms with Crippen molar-refractivity contribution in [2.75, 3.05) is 11.1 Å². The molecular weight excluding hydrogens is 324 g/mol. The fourth-order valence-electron chi connectivity index (χ4n) is 2.31. The van der Waals surface area contributed by atoms with Crippen LogP contribution in [0.2, 0.25) is 0 Å². The standard InChI is InChI=1S/C18H20N2O3S/c1-11(2)13-7-4-6-12(3)16(13)20-15(21)10-24-17-14(18(22)23)8-5-9-19-17/h4-9,11H,10H2,1-3H3,(H,20,21)(H,22,23)/p-1. The first kappa shape index (κ1) is 18.0. The van der Waals surface area contributed by atoms with E-state index in [1.165, 1.54) is 18.3 Å². The average molecular weight is 343 g/mol. The molecule has 0 aliphatic heterocycles. The van der Waals surface area contributed by atoms with Gasteiger partial charge in [-0.1, -0.05) is 43.8 Å². The minimum Gasteiger partial charge on any atom is -0.545 e. The van der Waals surface area contributed by atoms with E-state index in [1.807, 2.05) is 25.1 Å². The number of nitrogens with one attached hydrogen (secondary N) is 1. The molecule has 1 heterocycles. The van der Waals surface area contributed by atoms with Crippen molar-refractivity contribution in [2.45, 2.75) is 31.7 Å². The van der Waals surface area contributed by atoms with Gasteiger partial charge in [-0.3, -0.25) is 4.79 Å². The number of anilines is 1. The highest BCUT2D eigenvalue weighted by atomic mass is 32.2. The normalized spacial score (nSPS) is 10.7. The van der Waals surface area contributed by atoms with Crippen molar-refractivity contribution < 1.29 is 14.7 Å². The summed E-state index contributed by atoms with van der Waals surface area (Å²) in [5, 5.41) is 14.3. The molecule has 5 nitrogen and oxygen atoms in total. The Morgan fingerprint density at radius 2 is 2.00 bits per heavy atom. The van der Waals surface area contributed by atoms with Gasteiger partial charge in [-0.2, -0.15) is 0 Å². The quantitative estimate of drug-likeness (QED) is 0.815. The van der Waals surface area contributed by atoms with Crippen molar-refractivity contribution >= 4 is 29.3 Å². The number of hydrogen-bond donors (Lipinski definition) is 1. The second kappa shape index (κ2) is 7.97. The molecule has 0 aliphatic carbocycles. The van der Waals surface area contributed by atoms with Gasteiger partial charge in [-0.05, 0) is 36.1 Å². The number of benzene rings is 1. The number of carbonyl (C=O) groups excluding carboxylic acids is 2. The molecule has 6 heteroatoms. The van der Waals surface area contributed by atoms with Crippen LogP contribution in [0.5, 0.6) is 0 Å². The van der Waals surface area contributed by atoms with Crippen LogP contribution < -0.4 is 10.4 Å². The molecular formula is C18H19N2O3S-. The third-order valence-corrected chi connectivity index (χ3v) is 4.53. The van der Waals surface area contributed by atoms with Crippen LogP contribution in [0.3, 0.4) is 0 Å². The molecule has 0 bridgehead atoms. The van der Waals surface area contributed by atoms with Crippen molar-refractivity contribution in [3.63, 3.8) is 0 Å². The van der Waals surface area contributed by atoms with Gasteiger partial charge in [-0.15, -0.1) is 0 Å². The maximum absolute atomic E-state index is 12.3. The zero-order valence-corrected chi connectivity index (χ0v) is 14.6. The summed E-state index contributed by atoms with van der Waals surface area (Å²) in [6.07, 6.45) is 1.49. The van der Waals surface area contributed by atoms with Crippen molar-refractivity contribution in [3.8, 4) is 0 Å². The zero-order valence-electron chi connectivity index (χ0n) is 13.8. The van der Waals surface area contributed by atoms with Gasteiger partial charge in [0.05, 0.1) is 11.7 Å². The Hall–Kier alpha value is -2.34. The fraction of sp³-hybridized carbons (Fsp3) is 0.278. The molecule has 1 aromatic carbocycles. The van der Waals surface area contributed by atoms with E-state index in [-0.39, 0.29) is 28.2 Å². The third-order valence-electron chi connectivity index (χ3n) is 3.52. The second-order valence-corrected chi connectivity index (χ2v) is 6.64. The highest BCUT2D eigenvalue weighted by molar-refractivity contribution is 8.00. The van der Waals surface area contributed by atoms with E-state index in [2.05, 4.69) is 24.1 Å². The van der Waals surface area contributed by atoms with E-state index in [9.17, 15) is 14.7 Å². The highest BCUT2D eigenvalue weighted by Gasteiger charge is 2.13. The summed E-state index contributed by atoms with van der Waals surface area (Å²) in [4.78, 5) is 27.3. The maximum Gasteiger partial charge on any atom is 0.234 e. The number of thioether (sulfide) groups is 1. The van der Waals surface area contributed by atoms with E-state index < -0.39 is 5.97 Å². The van der Waals surface area contributed by atoms with Gasteiger partial charge in [0, 0.05) is 17.4 Å². The van der Waals surface area contributed by atoms with Crippen molar-refractivity contribution in [1.82, 2.24) is 4.98 Å². The Balaban J connectivity index is 2.09. The first-order chi connectivity index (χ1) is 11.4. The molecule has 0 unspecified atom stereocenters. The van der Waals surface area contributed by atoms with E-state index in [4.69, 9.17) is 0 Å². The largest absolute Gasteiger partial charge is 0.545 e. The summed E-state index contributed by atoms with van der Waals surface area (Å²) in [7, 11) is 0. The first-order valence-electron chi connectivity index (χ1n) is 7.58. The Morgan fingerprint density at radius 3 is 2.67 bits per heavy atom. The van der Waals surface area contributed by atoms with Crippen LogP contribution in [0.1, 0.15) is 41.3 Å². The van der Waals surface area contributed by atoms with E-state index in [0.29, 0.717) is 0 Å². The molecule has 0 aliphatic rings. The molecule has 0 saturated carbocycles. The van der Waals surface area contributed by atoms with Gasteiger partial charge in [0.1, 0.15) is 5.03 Å². The predicted octanol–water partition coefficient (Wildman–Crippen LogP) is 2.61. The third kappa shape index (κ3) is 4.35. The summed E-state index contributed by atoms with van der Waals surface area (Å²) in [5.74, 6) is -1.14. The Bertz CT molecular complexity index is 760. The van der Waals surface area contributed by atoms with Crippen LogP contribution in [-0.4, -0.2) is 22.6 Å². The number of carboxylic acids is 1. The molecule has 2 aromatic rings. The van der Waals surface area contributed by atoms with Crippen LogP contribution in [0.25, 0.3) is 0 Å². The number of nitrogens with zero attached hydrogens (tertiary/aromatic N) is 1. The number of aromatic nitrogens is 1. The lowest BCUT2D eigenvalue weighted by Gasteiger charge is -2.16. The smallest absolute Gasteiger partial charge is 0.234 e. The van der Waals surface area contributed by atoms with Gasteiger partial charge in [-0.25, -0.2) is 4.98 Å². The molecule has 24 heavy (non-hydrogen) atoms. The van der Waals surface area contributed by atoms with Crippen LogP contribution >= 0.6 is 11.8 Å². The first-order valence-corrected chi connectivity index (χ1v) is 8.57. The highest BCUT2D eigenvalue weighted by Crippen LogP contribution is 2.28. The van der Waals surface area contributed by atoms with E-state index in [0.717, 1.165) is 28.6 Å². The molecule has 0 fully saturated rings. The Morgan fingerprint density at radius 1 is 1.25 bits per heavy atom. The summed E-state index contributed by atoms with van der Waals surface area (Å²) in [5.41, 5.74) is 2.88. The number of carboxylic acid groups (broad SMARTS) is 1. The van der Waals surface area contributed by atoms with E-state index >= 15 is 0 Å².